The van der Waals surface area contributed by atoms with E-state index in [2.05, 4.69) is 24.8 Å². The largest absolute Gasteiger partial charge is 0.286 e. The van der Waals surface area contributed by atoms with Gasteiger partial charge in [-0.15, -0.1) is 0 Å². The van der Waals surface area contributed by atoms with Crippen LogP contribution in [0.15, 0.2) is 0 Å². The third kappa shape index (κ3) is 2.83. The van der Waals surface area contributed by atoms with Crippen LogP contribution >= 0.6 is 0 Å². The van der Waals surface area contributed by atoms with Crippen LogP contribution in [-0.4, -0.2) is 23.5 Å². The zero-order chi connectivity index (χ0) is 12.3. The Morgan fingerprint density at radius 3 is 2.59 bits per heavy atom. The van der Waals surface area contributed by atoms with Crippen LogP contribution < -0.4 is 0 Å². The average Bonchev–Trinajstić information content (AvgIpc) is 2.82. The Morgan fingerprint density at radius 2 is 2.00 bits per heavy atom. The van der Waals surface area contributed by atoms with Gasteiger partial charge in [-0.25, -0.2) is 0 Å². The Labute approximate surface area is 106 Å². The quantitative estimate of drug-likeness (QED) is 0.746. The molecule has 2 aliphatic rings. The molecule has 0 N–H and O–H groups in total. The maximum Gasteiger partial charge on any atom is 0.109 e. The summed E-state index contributed by atoms with van der Waals surface area (Å²) in [7, 11) is 0. The molecule has 0 bridgehead atoms. The van der Waals surface area contributed by atoms with Crippen LogP contribution in [0.25, 0.3) is 0 Å². The first kappa shape index (κ1) is 12.9. The molecule has 1 saturated carbocycles. The first-order chi connectivity index (χ1) is 8.16. The molecule has 0 aromatic carbocycles. The summed E-state index contributed by atoms with van der Waals surface area (Å²) < 4.78 is 0. The molecule has 2 heteroatoms. The third-order valence-electron chi connectivity index (χ3n) is 4.55. The molecule has 1 heterocycles. The van der Waals surface area contributed by atoms with E-state index >= 15 is 0 Å². The van der Waals surface area contributed by atoms with Crippen LogP contribution in [0.2, 0.25) is 0 Å². The van der Waals surface area contributed by atoms with Crippen molar-refractivity contribution in [2.24, 2.45) is 11.8 Å². The molecule has 0 aromatic rings. The summed E-state index contributed by atoms with van der Waals surface area (Å²) in [5.41, 5.74) is -0.103. The van der Waals surface area contributed by atoms with E-state index < -0.39 is 0 Å². The van der Waals surface area contributed by atoms with Gasteiger partial charge in [-0.05, 0) is 57.0 Å². The molecule has 1 aliphatic carbocycles. The first-order valence-electron chi connectivity index (χ1n) is 7.32. The molecule has 2 fully saturated rings. The Bertz CT molecular complexity index is 286. The number of hydrogen-bond acceptors (Lipinski definition) is 2. The second-order valence-electron chi connectivity index (χ2n) is 6.43. The van der Waals surface area contributed by atoms with E-state index in [1.807, 2.05) is 0 Å². The van der Waals surface area contributed by atoms with Crippen molar-refractivity contribution in [3.63, 3.8) is 0 Å². The molecular formula is C15H26N2. The van der Waals surface area contributed by atoms with Gasteiger partial charge in [0, 0.05) is 0 Å². The van der Waals surface area contributed by atoms with Gasteiger partial charge in [0.25, 0.3) is 0 Å². The fourth-order valence-electron chi connectivity index (χ4n) is 3.84. The maximum absolute atomic E-state index is 9.66. The van der Waals surface area contributed by atoms with Crippen LogP contribution in [0.5, 0.6) is 0 Å². The highest BCUT2D eigenvalue weighted by atomic mass is 15.2. The monoisotopic (exact) mass is 234 g/mol. The molecule has 2 unspecified atom stereocenters. The molecule has 96 valence electrons. The number of hydrogen-bond donors (Lipinski definition) is 0. The summed E-state index contributed by atoms with van der Waals surface area (Å²) in [5, 5.41) is 9.66. The van der Waals surface area contributed by atoms with Crippen molar-refractivity contribution < 1.29 is 0 Å². The minimum Gasteiger partial charge on any atom is -0.286 e. The van der Waals surface area contributed by atoms with Gasteiger partial charge in [0.1, 0.15) is 5.54 Å². The molecule has 0 radical (unpaired) electrons. The molecule has 1 saturated heterocycles. The number of likely N-dealkylation sites (tertiary alicyclic amines) is 1. The molecule has 2 atom stereocenters. The van der Waals surface area contributed by atoms with Gasteiger partial charge in [-0.3, -0.25) is 4.90 Å². The predicted molar refractivity (Wildman–Crippen MR) is 70.6 cm³/mol. The zero-order valence-electron chi connectivity index (χ0n) is 11.4. The third-order valence-corrected chi connectivity index (χ3v) is 4.55. The summed E-state index contributed by atoms with van der Waals surface area (Å²) >= 11 is 0. The average molecular weight is 234 g/mol. The standard InChI is InChI=1S/C15H26N2/c1-13(2)10-14-6-5-7-15(11-14,12-16)17-8-3-4-9-17/h13-14H,3-11H2,1-2H3. The Kier molecular flexibility index (Phi) is 4.09. The molecular weight excluding hydrogens is 208 g/mol. The zero-order valence-corrected chi connectivity index (χ0v) is 11.4. The van der Waals surface area contributed by atoms with Crippen LogP contribution in [-0.2, 0) is 0 Å². The Hall–Kier alpha value is -0.550. The maximum atomic E-state index is 9.66. The fourth-order valence-corrected chi connectivity index (χ4v) is 3.84. The van der Waals surface area contributed by atoms with E-state index in [1.54, 1.807) is 0 Å². The second kappa shape index (κ2) is 5.40. The van der Waals surface area contributed by atoms with Crippen LogP contribution in [0.4, 0.5) is 0 Å². The highest BCUT2D eigenvalue weighted by Crippen LogP contribution is 2.40. The lowest BCUT2D eigenvalue weighted by Gasteiger charge is -2.42. The van der Waals surface area contributed by atoms with Gasteiger partial charge in [-0.1, -0.05) is 26.7 Å². The van der Waals surface area contributed by atoms with Crippen LogP contribution in [0, 0.1) is 23.2 Å². The normalized spacial score (nSPS) is 35.1. The lowest BCUT2D eigenvalue weighted by atomic mass is 9.73. The van der Waals surface area contributed by atoms with Crippen molar-refractivity contribution in [3.05, 3.63) is 0 Å². The highest BCUT2D eigenvalue weighted by Gasteiger charge is 2.42. The van der Waals surface area contributed by atoms with Crippen molar-refractivity contribution in [2.75, 3.05) is 13.1 Å². The lowest BCUT2D eigenvalue weighted by molar-refractivity contribution is 0.0899. The van der Waals surface area contributed by atoms with Gasteiger partial charge in [0.15, 0.2) is 0 Å². The van der Waals surface area contributed by atoms with Crippen molar-refractivity contribution in [1.82, 2.24) is 4.90 Å². The minimum absolute atomic E-state index is 0.103. The first-order valence-corrected chi connectivity index (χ1v) is 7.32. The molecule has 2 nitrogen and oxygen atoms in total. The summed E-state index contributed by atoms with van der Waals surface area (Å²) in [5.74, 6) is 1.55. The van der Waals surface area contributed by atoms with Crippen LogP contribution in [0.1, 0.15) is 58.8 Å². The number of rotatable bonds is 3. The summed E-state index contributed by atoms with van der Waals surface area (Å²) in [6, 6.07) is 2.69. The molecule has 17 heavy (non-hydrogen) atoms. The summed E-state index contributed by atoms with van der Waals surface area (Å²) in [6.45, 7) is 6.92. The SMILES string of the molecule is CC(C)CC1CCCC(C#N)(N2CCCC2)C1. The topological polar surface area (TPSA) is 27.0 Å². The number of nitrogens with zero attached hydrogens (tertiary/aromatic N) is 2. The van der Waals surface area contributed by atoms with Gasteiger partial charge in [0.05, 0.1) is 6.07 Å². The van der Waals surface area contributed by atoms with Gasteiger partial charge in [0.2, 0.25) is 0 Å². The van der Waals surface area contributed by atoms with E-state index in [0.717, 1.165) is 37.8 Å². The number of nitriles is 1. The lowest BCUT2D eigenvalue weighted by Crippen LogP contribution is -2.49. The second-order valence-corrected chi connectivity index (χ2v) is 6.43. The van der Waals surface area contributed by atoms with Crippen molar-refractivity contribution in [3.8, 4) is 6.07 Å². The molecule has 1 aliphatic heterocycles. The van der Waals surface area contributed by atoms with Gasteiger partial charge < -0.3 is 0 Å². The van der Waals surface area contributed by atoms with Crippen molar-refractivity contribution in [1.29, 1.82) is 5.26 Å². The van der Waals surface area contributed by atoms with E-state index in [1.165, 1.54) is 32.1 Å². The Balaban J connectivity index is 2.04. The predicted octanol–water partition coefficient (Wildman–Crippen LogP) is 3.58. The van der Waals surface area contributed by atoms with Gasteiger partial charge >= 0.3 is 0 Å². The molecule has 2 rings (SSSR count). The highest BCUT2D eigenvalue weighted by molar-refractivity contribution is 5.11. The molecule has 0 spiro atoms. The van der Waals surface area contributed by atoms with Crippen molar-refractivity contribution in [2.45, 2.75) is 64.3 Å². The van der Waals surface area contributed by atoms with Crippen LogP contribution in [0.3, 0.4) is 0 Å². The molecule has 0 amide bonds. The summed E-state index contributed by atoms with van der Waals surface area (Å²) in [6.07, 6.45) is 8.71. The van der Waals surface area contributed by atoms with E-state index in [9.17, 15) is 5.26 Å². The minimum atomic E-state index is -0.103. The molecule has 0 aromatic heterocycles. The van der Waals surface area contributed by atoms with E-state index in [0.29, 0.717) is 0 Å². The van der Waals surface area contributed by atoms with Crippen molar-refractivity contribution >= 4 is 0 Å². The smallest absolute Gasteiger partial charge is 0.109 e. The van der Waals surface area contributed by atoms with Gasteiger partial charge in [-0.2, -0.15) is 5.26 Å². The fraction of sp³-hybridized carbons (Fsp3) is 0.933. The summed E-state index contributed by atoms with van der Waals surface area (Å²) in [4.78, 5) is 2.49. The van der Waals surface area contributed by atoms with E-state index in [-0.39, 0.29) is 5.54 Å². The van der Waals surface area contributed by atoms with E-state index in [4.69, 9.17) is 0 Å². The Morgan fingerprint density at radius 1 is 1.29 bits per heavy atom.